The standard InChI is InChI=1S/C22H22N2O4S2/c1-28-19-11-13-21(14-12-19)30(26,27)24(18-8-4-3-5-9-18)16-22(25)23-17-7-6-10-20(15-17)29-2/h3-15H,16H2,1-2H3,(H,23,25). The minimum Gasteiger partial charge on any atom is -0.497 e. The zero-order valence-corrected chi connectivity index (χ0v) is 18.2. The van der Waals surface area contributed by atoms with Crippen molar-refractivity contribution >= 4 is 39.1 Å². The fourth-order valence-electron chi connectivity index (χ4n) is 2.82. The quantitative estimate of drug-likeness (QED) is 0.528. The first-order chi connectivity index (χ1) is 14.4. The second-order valence-corrected chi connectivity index (χ2v) is 9.04. The number of hydrogen-bond donors (Lipinski definition) is 1. The van der Waals surface area contributed by atoms with E-state index in [2.05, 4.69) is 5.32 Å². The number of nitrogens with one attached hydrogen (secondary N) is 1. The van der Waals surface area contributed by atoms with E-state index in [9.17, 15) is 13.2 Å². The van der Waals surface area contributed by atoms with E-state index in [-0.39, 0.29) is 11.4 Å². The Bertz CT molecular complexity index is 1100. The molecule has 0 heterocycles. The van der Waals surface area contributed by atoms with E-state index in [1.54, 1.807) is 60.3 Å². The third-order valence-electron chi connectivity index (χ3n) is 4.33. The second-order valence-electron chi connectivity index (χ2n) is 6.30. The normalized spacial score (nSPS) is 11.0. The Morgan fingerprint density at radius 3 is 2.33 bits per heavy atom. The zero-order chi connectivity index (χ0) is 21.6. The Hall–Kier alpha value is -2.97. The Morgan fingerprint density at radius 1 is 1.00 bits per heavy atom. The summed E-state index contributed by atoms with van der Waals surface area (Å²) in [5.74, 6) is 0.112. The predicted octanol–water partition coefficient (Wildman–Crippen LogP) is 4.25. The van der Waals surface area contributed by atoms with Crippen molar-refractivity contribution < 1.29 is 17.9 Å². The van der Waals surface area contributed by atoms with Crippen LogP contribution in [0.25, 0.3) is 0 Å². The number of anilines is 2. The first-order valence-electron chi connectivity index (χ1n) is 9.10. The molecule has 0 saturated carbocycles. The molecule has 0 saturated heterocycles. The highest BCUT2D eigenvalue weighted by molar-refractivity contribution is 7.98. The number of rotatable bonds is 8. The van der Waals surface area contributed by atoms with E-state index >= 15 is 0 Å². The molecule has 6 nitrogen and oxygen atoms in total. The molecule has 3 aromatic carbocycles. The van der Waals surface area contributed by atoms with Crippen molar-refractivity contribution in [2.75, 3.05) is 29.5 Å². The zero-order valence-electron chi connectivity index (χ0n) is 16.6. The van der Waals surface area contributed by atoms with Gasteiger partial charge in [-0.1, -0.05) is 24.3 Å². The Morgan fingerprint density at radius 2 is 1.70 bits per heavy atom. The summed E-state index contributed by atoms with van der Waals surface area (Å²) < 4.78 is 32.8. The molecule has 30 heavy (non-hydrogen) atoms. The summed E-state index contributed by atoms with van der Waals surface area (Å²) >= 11 is 1.56. The number of benzene rings is 3. The number of carbonyl (C=O) groups excluding carboxylic acids is 1. The largest absolute Gasteiger partial charge is 0.497 e. The average molecular weight is 443 g/mol. The van der Waals surface area contributed by atoms with Gasteiger partial charge in [0.1, 0.15) is 12.3 Å². The average Bonchev–Trinajstić information content (AvgIpc) is 2.78. The van der Waals surface area contributed by atoms with Crippen LogP contribution in [0.3, 0.4) is 0 Å². The molecule has 8 heteroatoms. The summed E-state index contributed by atoms with van der Waals surface area (Å²) in [4.78, 5) is 13.8. The van der Waals surface area contributed by atoms with Gasteiger partial charge < -0.3 is 10.1 Å². The maximum atomic E-state index is 13.3. The van der Waals surface area contributed by atoms with Gasteiger partial charge in [0.05, 0.1) is 17.7 Å². The highest BCUT2D eigenvalue weighted by Gasteiger charge is 2.27. The smallest absolute Gasteiger partial charge is 0.264 e. The molecule has 0 fully saturated rings. The summed E-state index contributed by atoms with van der Waals surface area (Å²) in [5.41, 5.74) is 1.02. The van der Waals surface area contributed by atoms with E-state index in [1.807, 2.05) is 24.5 Å². The molecule has 0 spiro atoms. The molecule has 0 atom stereocenters. The molecule has 3 aromatic rings. The number of thioether (sulfide) groups is 1. The Labute approximate surface area is 180 Å². The highest BCUT2D eigenvalue weighted by Crippen LogP contribution is 2.25. The third kappa shape index (κ3) is 5.14. The fraction of sp³-hybridized carbons (Fsp3) is 0.136. The van der Waals surface area contributed by atoms with Crippen LogP contribution in [-0.4, -0.2) is 34.2 Å². The van der Waals surface area contributed by atoms with Crippen LogP contribution in [0.1, 0.15) is 0 Å². The number of sulfonamides is 1. The topological polar surface area (TPSA) is 75.7 Å². The SMILES string of the molecule is COc1ccc(S(=O)(=O)N(CC(=O)Nc2cccc(SC)c2)c2ccccc2)cc1. The van der Waals surface area contributed by atoms with E-state index in [0.717, 1.165) is 9.20 Å². The van der Waals surface area contributed by atoms with Crippen LogP contribution >= 0.6 is 11.8 Å². The van der Waals surface area contributed by atoms with Crippen molar-refractivity contribution in [2.24, 2.45) is 0 Å². The van der Waals surface area contributed by atoms with E-state index in [4.69, 9.17) is 4.74 Å². The minimum absolute atomic E-state index is 0.0735. The molecule has 1 N–H and O–H groups in total. The molecule has 0 aliphatic heterocycles. The van der Waals surface area contributed by atoms with Gasteiger partial charge >= 0.3 is 0 Å². The molecule has 0 radical (unpaired) electrons. The molecule has 0 bridgehead atoms. The maximum Gasteiger partial charge on any atom is 0.264 e. The van der Waals surface area contributed by atoms with E-state index in [0.29, 0.717) is 17.1 Å². The first-order valence-corrected chi connectivity index (χ1v) is 11.8. The lowest BCUT2D eigenvalue weighted by Gasteiger charge is -2.24. The molecule has 0 aromatic heterocycles. The lowest BCUT2D eigenvalue weighted by Crippen LogP contribution is -2.38. The molecule has 0 unspecified atom stereocenters. The number of nitrogens with zero attached hydrogens (tertiary/aromatic N) is 1. The second kappa shape index (κ2) is 9.69. The molecule has 0 aliphatic carbocycles. The van der Waals surface area contributed by atoms with Gasteiger partial charge in [-0.3, -0.25) is 9.10 Å². The number of ether oxygens (including phenoxy) is 1. The molecule has 0 aliphatic rings. The Balaban J connectivity index is 1.89. The van der Waals surface area contributed by atoms with Crippen molar-refractivity contribution in [3.8, 4) is 5.75 Å². The van der Waals surface area contributed by atoms with Gasteiger partial charge in [0.25, 0.3) is 10.0 Å². The van der Waals surface area contributed by atoms with Crippen LogP contribution in [-0.2, 0) is 14.8 Å². The molecule has 156 valence electrons. The number of hydrogen-bond acceptors (Lipinski definition) is 5. The van der Waals surface area contributed by atoms with Gasteiger partial charge in [-0.15, -0.1) is 11.8 Å². The van der Waals surface area contributed by atoms with Gasteiger partial charge in [-0.25, -0.2) is 8.42 Å². The van der Waals surface area contributed by atoms with Gasteiger partial charge in [0, 0.05) is 10.6 Å². The summed E-state index contributed by atoms with van der Waals surface area (Å²) in [7, 11) is -2.46. The summed E-state index contributed by atoms with van der Waals surface area (Å²) in [5, 5.41) is 2.78. The summed E-state index contributed by atoms with van der Waals surface area (Å²) in [6.07, 6.45) is 1.94. The summed E-state index contributed by atoms with van der Waals surface area (Å²) in [6.45, 7) is -0.359. The van der Waals surface area contributed by atoms with Crippen molar-refractivity contribution in [1.29, 1.82) is 0 Å². The van der Waals surface area contributed by atoms with Gasteiger partial charge in [0.2, 0.25) is 5.91 Å². The molecule has 3 rings (SSSR count). The van der Waals surface area contributed by atoms with Crippen molar-refractivity contribution in [1.82, 2.24) is 0 Å². The number of methoxy groups -OCH3 is 1. The van der Waals surface area contributed by atoms with Crippen molar-refractivity contribution in [2.45, 2.75) is 9.79 Å². The van der Waals surface area contributed by atoms with Crippen molar-refractivity contribution in [3.05, 3.63) is 78.9 Å². The van der Waals surface area contributed by atoms with Gasteiger partial charge in [-0.05, 0) is 60.9 Å². The van der Waals surface area contributed by atoms with Crippen LogP contribution in [0.15, 0.2) is 88.7 Å². The lowest BCUT2D eigenvalue weighted by molar-refractivity contribution is -0.114. The predicted molar refractivity (Wildman–Crippen MR) is 121 cm³/mol. The fourth-order valence-corrected chi connectivity index (χ4v) is 4.70. The molecular weight excluding hydrogens is 420 g/mol. The van der Waals surface area contributed by atoms with Crippen LogP contribution in [0.4, 0.5) is 11.4 Å². The van der Waals surface area contributed by atoms with Crippen LogP contribution in [0, 0.1) is 0 Å². The maximum absolute atomic E-state index is 13.3. The number of amides is 1. The first kappa shape index (κ1) is 21.7. The van der Waals surface area contributed by atoms with Gasteiger partial charge in [0.15, 0.2) is 0 Å². The number of carbonyl (C=O) groups is 1. The van der Waals surface area contributed by atoms with Crippen LogP contribution in [0.2, 0.25) is 0 Å². The van der Waals surface area contributed by atoms with Gasteiger partial charge in [-0.2, -0.15) is 0 Å². The monoisotopic (exact) mass is 442 g/mol. The van der Waals surface area contributed by atoms with E-state index in [1.165, 1.54) is 19.2 Å². The molecular formula is C22H22N2O4S2. The number of para-hydroxylation sites is 1. The van der Waals surface area contributed by atoms with E-state index < -0.39 is 15.9 Å². The summed E-state index contributed by atoms with van der Waals surface area (Å²) in [6, 6.07) is 22.0. The third-order valence-corrected chi connectivity index (χ3v) is 6.85. The Kier molecular flexibility index (Phi) is 7.02. The van der Waals surface area contributed by atoms with Crippen molar-refractivity contribution in [3.63, 3.8) is 0 Å². The van der Waals surface area contributed by atoms with Crippen LogP contribution in [0.5, 0.6) is 5.75 Å². The lowest BCUT2D eigenvalue weighted by atomic mass is 10.3. The molecule has 1 amide bonds. The highest BCUT2D eigenvalue weighted by atomic mass is 32.2. The van der Waals surface area contributed by atoms with Crippen LogP contribution < -0.4 is 14.4 Å². The minimum atomic E-state index is -3.97.